The molecule has 0 bridgehead atoms. The number of aliphatic hydroxyl groups excluding tert-OH is 1. The average Bonchev–Trinajstić information content (AvgIpc) is 2.04. The molecule has 64 valence electrons. The van der Waals surface area contributed by atoms with Crippen LogP contribution in [0.1, 0.15) is 17.2 Å². The molecule has 0 saturated carbocycles. The van der Waals surface area contributed by atoms with Gasteiger partial charge < -0.3 is 10.8 Å². The molecule has 1 aromatic carbocycles. The summed E-state index contributed by atoms with van der Waals surface area (Å²) in [7, 11) is 0. The lowest BCUT2D eigenvalue weighted by Crippen LogP contribution is -2.19. The zero-order valence-electron chi connectivity index (χ0n) is 6.91. The summed E-state index contributed by atoms with van der Waals surface area (Å²) in [6, 6.07) is 7.28. The number of hydrogen-bond donors (Lipinski definition) is 3. The van der Waals surface area contributed by atoms with E-state index in [1.165, 1.54) is 0 Å². The lowest BCUT2D eigenvalue weighted by atomic mass is 10.1. The van der Waals surface area contributed by atoms with Crippen molar-refractivity contribution in [1.82, 2.24) is 0 Å². The molecule has 0 saturated heterocycles. The number of rotatable bonds is 2. The van der Waals surface area contributed by atoms with Crippen molar-refractivity contribution in [3.05, 3.63) is 35.4 Å². The molecule has 1 rings (SSSR count). The van der Waals surface area contributed by atoms with Crippen LogP contribution >= 0.6 is 0 Å². The van der Waals surface area contributed by atoms with E-state index in [0.29, 0.717) is 5.56 Å². The van der Waals surface area contributed by atoms with Gasteiger partial charge in [0.25, 0.3) is 0 Å². The maximum Gasteiger partial charge on any atom is 0.135 e. The number of hydrogen-bond acceptors (Lipinski definition) is 2. The Morgan fingerprint density at radius 1 is 1.42 bits per heavy atom. The zero-order chi connectivity index (χ0) is 9.14. The van der Waals surface area contributed by atoms with Crippen LogP contribution < -0.4 is 5.73 Å². The smallest absolute Gasteiger partial charge is 0.135 e. The van der Waals surface area contributed by atoms with Gasteiger partial charge in [0.1, 0.15) is 11.9 Å². The van der Waals surface area contributed by atoms with Crippen molar-refractivity contribution in [1.29, 1.82) is 5.41 Å². The van der Waals surface area contributed by atoms with Crippen LogP contribution in [0.2, 0.25) is 0 Å². The first-order valence-electron chi connectivity index (χ1n) is 3.70. The Balaban J connectivity index is 2.89. The molecule has 3 nitrogen and oxygen atoms in total. The van der Waals surface area contributed by atoms with E-state index in [1.54, 1.807) is 12.1 Å². The number of nitrogens with one attached hydrogen (secondary N) is 1. The van der Waals surface area contributed by atoms with Crippen LogP contribution in [0.15, 0.2) is 24.3 Å². The second kappa shape index (κ2) is 3.36. The minimum absolute atomic E-state index is 0.223. The van der Waals surface area contributed by atoms with Crippen LogP contribution in [0.25, 0.3) is 0 Å². The van der Waals surface area contributed by atoms with Crippen molar-refractivity contribution >= 4 is 5.84 Å². The van der Waals surface area contributed by atoms with Gasteiger partial charge in [0.2, 0.25) is 0 Å². The third-order valence-electron chi connectivity index (χ3n) is 1.69. The molecule has 0 heterocycles. The Morgan fingerprint density at radius 3 is 2.33 bits per heavy atom. The number of benzene rings is 1. The molecule has 0 aliphatic heterocycles. The van der Waals surface area contributed by atoms with E-state index in [1.807, 2.05) is 19.1 Å². The van der Waals surface area contributed by atoms with Gasteiger partial charge in [0.05, 0.1) is 0 Å². The van der Waals surface area contributed by atoms with Crippen molar-refractivity contribution < 1.29 is 5.11 Å². The number of amidine groups is 1. The highest BCUT2D eigenvalue weighted by molar-refractivity contribution is 5.82. The Hall–Kier alpha value is -1.35. The Labute approximate surface area is 71.3 Å². The van der Waals surface area contributed by atoms with Gasteiger partial charge in [0.15, 0.2) is 0 Å². The number of nitrogens with two attached hydrogens (primary N) is 1. The Bertz CT molecular complexity index is 279. The first-order chi connectivity index (χ1) is 5.61. The summed E-state index contributed by atoms with van der Waals surface area (Å²) in [6.45, 7) is 1.96. The van der Waals surface area contributed by atoms with Gasteiger partial charge in [-0.2, -0.15) is 0 Å². The summed E-state index contributed by atoms with van der Waals surface area (Å²) < 4.78 is 0. The van der Waals surface area contributed by atoms with Crippen molar-refractivity contribution in [3.63, 3.8) is 0 Å². The van der Waals surface area contributed by atoms with E-state index in [2.05, 4.69) is 0 Å². The molecule has 0 aliphatic rings. The average molecular weight is 164 g/mol. The zero-order valence-corrected chi connectivity index (χ0v) is 6.91. The predicted molar refractivity (Wildman–Crippen MR) is 48.1 cm³/mol. The standard InChI is InChI=1S/C9H12N2O/c1-6-2-4-7(5-3-6)8(12)9(10)11/h2-5,8,12H,1H3,(H3,10,11)/t8-/m0/s1. The van der Waals surface area contributed by atoms with E-state index in [4.69, 9.17) is 11.1 Å². The topological polar surface area (TPSA) is 70.1 Å². The van der Waals surface area contributed by atoms with Gasteiger partial charge in [-0.3, -0.25) is 5.41 Å². The molecular weight excluding hydrogens is 152 g/mol. The normalized spacial score (nSPS) is 12.5. The van der Waals surface area contributed by atoms with Crippen LogP contribution in [0, 0.1) is 12.3 Å². The van der Waals surface area contributed by atoms with E-state index < -0.39 is 6.10 Å². The quantitative estimate of drug-likeness (QED) is 0.450. The summed E-state index contributed by atoms with van der Waals surface area (Å²) >= 11 is 0. The number of aryl methyl sites for hydroxylation is 1. The molecule has 4 N–H and O–H groups in total. The molecular formula is C9H12N2O. The monoisotopic (exact) mass is 164 g/mol. The molecule has 0 aliphatic carbocycles. The second-order valence-electron chi connectivity index (χ2n) is 2.77. The van der Waals surface area contributed by atoms with Crippen molar-refractivity contribution in [2.75, 3.05) is 0 Å². The van der Waals surface area contributed by atoms with Gasteiger partial charge in [-0.25, -0.2) is 0 Å². The molecule has 0 unspecified atom stereocenters. The van der Waals surface area contributed by atoms with Gasteiger partial charge >= 0.3 is 0 Å². The van der Waals surface area contributed by atoms with Crippen LogP contribution in [-0.2, 0) is 0 Å². The fraction of sp³-hybridized carbons (Fsp3) is 0.222. The number of aliphatic hydroxyl groups is 1. The van der Waals surface area contributed by atoms with Crippen LogP contribution in [0.3, 0.4) is 0 Å². The maximum absolute atomic E-state index is 9.34. The van der Waals surface area contributed by atoms with Gasteiger partial charge in [-0.1, -0.05) is 29.8 Å². The van der Waals surface area contributed by atoms with Gasteiger partial charge in [-0.15, -0.1) is 0 Å². The van der Waals surface area contributed by atoms with Gasteiger partial charge in [0, 0.05) is 0 Å². The molecule has 1 atom stereocenters. The largest absolute Gasteiger partial charge is 0.385 e. The maximum atomic E-state index is 9.34. The summed E-state index contributed by atoms with van der Waals surface area (Å²) in [5, 5.41) is 16.4. The van der Waals surface area contributed by atoms with E-state index in [0.717, 1.165) is 5.56 Å². The fourth-order valence-electron chi connectivity index (χ4n) is 0.928. The van der Waals surface area contributed by atoms with E-state index in [9.17, 15) is 5.11 Å². The minimum atomic E-state index is -0.967. The molecule has 0 aromatic heterocycles. The Kier molecular flexibility index (Phi) is 2.45. The molecule has 0 fully saturated rings. The molecule has 0 amide bonds. The first kappa shape index (κ1) is 8.74. The van der Waals surface area contributed by atoms with Crippen molar-refractivity contribution in [3.8, 4) is 0 Å². The van der Waals surface area contributed by atoms with Crippen LogP contribution in [0.5, 0.6) is 0 Å². The Morgan fingerprint density at radius 2 is 1.92 bits per heavy atom. The SMILES string of the molecule is Cc1ccc([C@H](O)C(=N)N)cc1. The lowest BCUT2D eigenvalue weighted by molar-refractivity contribution is 0.245. The highest BCUT2D eigenvalue weighted by Gasteiger charge is 2.08. The summed E-state index contributed by atoms with van der Waals surface area (Å²) in [4.78, 5) is 0. The highest BCUT2D eigenvalue weighted by atomic mass is 16.3. The molecule has 12 heavy (non-hydrogen) atoms. The third kappa shape index (κ3) is 1.83. The molecule has 0 spiro atoms. The molecule has 1 aromatic rings. The third-order valence-corrected chi connectivity index (χ3v) is 1.69. The second-order valence-corrected chi connectivity index (χ2v) is 2.77. The van der Waals surface area contributed by atoms with Gasteiger partial charge in [-0.05, 0) is 12.5 Å². The fourth-order valence-corrected chi connectivity index (χ4v) is 0.928. The summed E-state index contributed by atoms with van der Waals surface area (Å²) in [6.07, 6.45) is -0.967. The highest BCUT2D eigenvalue weighted by Crippen LogP contribution is 2.12. The van der Waals surface area contributed by atoms with Crippen molar-refractivity contribution in [2.45, 2.75) is 13.0 Å². The van der Waals surface area contributed by atoms with E-state index >= 15 is 0 Å². The lowest BCUT2D eigenvalue weighted by Gasteiger charge is -2.08. The summed E-state index contributed by atoms with van der Waals surface area (Å²) in [5.74, 6) is -0.223. The van der Waals surface area contributed by atoms with Crippen LogP contribution in [0.4, 0.5) is 0 Å². The minimum Gasteiger partial charge on any atom is -0.385 e. The van der Waals surface area contributed by atoms with E-state index in [-0.39, 0.29) is 5.84 Å². The predicted octanol–water partition coefficient (Wildman–Crippen LogP) is 0.964. The first-order valence-corrected chi connectivity index (χ1v) is 3.70. The summed E-state index contributed by atoms with van der Waals surface area (Å²) in [5.41, 5.74) is 6.92. The molecule has 0 radical (unpaired) electrons. The van der Waals surface area contributed by atoms with Crippen molar-refractivity contribution in [2.24, 2.45) is 5.73 Å². The van der Waals surface area contributed by atoms with Crippen LogP contribution in [-0.4, -0.2) is 10.9 Å². The molecule has 3 heteroatoms.